The summed E-state index contributed by atoms with van der Waals surface area (Å²) in [6, 6.07) is 5.29. The number of carbonyl (C=O) groups is 1. The number of halogens is 1. The summed E-state index contributed by atoms with van der Waals surface area (Å²) in [5.74, 6) is -0.307. The first-order chi connectivity index (χ1) is 9.00. The number of benzene rings is 1. The van der Waals surface area contributed by atoms with E-state index in [1.165, 1.54) is 18.2 Å². The Kier molecular flexibility index (Phi) is 4.92. The van der Waals surface area contributed by atoms with E-state index in [-0.39, 0.29) is 5.56 Å². The molecule has 1 saturated carbocycles. The van der Waals surface area contributed by atoms with E-state index in [1.807, 2.05) is 6.07 Å². The highest BCUT2D eigenvalue weighted by molar-refractivity contribution is 9.10. The summed E-state index contributed by atoms with van der Waals surface area (Å²) in [7, 11) is 0. The predicted molar refractivity (Wildman–Crippen MR) is 79.9 cm³/mol. The maximum absolute atomic E-state index is 11.1. The molecule has 0 amide bonds. The van der Waals surface area contributed by atoms with Crippen LogP contribution in [0.4, 0.5) is 0 Å². The summed E-state index contributed by atoms with van der Waals surface area (Å²) in [6.45, 7) is 0. The second kappa shape index (κ2) is 6.29. The Balaban J connectivity index is 2.03. The maximum Gasteiger partial charge on any atom is 0.336 e. The van der Waals surface area contributed by atoms with Gasteiger partial charge in [0, 0.05) is 15.1 Å². The van der Waals surface area contributed by atoms with Crippen LogP contribution in [0.25, 0.3) is 0 Å². The molecule has 0 atom stereocenters. The van der Waals surface area contributed by atoms with Crippen LogP contribution in [0, 0.1) is 0 Å². The van der Waals surface area contributed by atoms with Gasteiger partial charge in [0.25, 0.3) is 0 Å². The SMILES string of the molecule is O=C(O)c1cc(SCC2(O)CCCCC2)ccc1Br. The Hall–Kier alpha value is -0.520. The number of carboxylic acids is 1. The third-order valence-electron chi connectivity index (χ3n) is 3.46. The second-order valence-electron chi connectivity index (χ2n) is 5.02. The van der Waals surface area contributed by atoms with Crippen LogP contribution < -0.4 is 0 Å². The normalized spacial score (nSPS) is 18.2. The van der Waals surface area contributed by atoms with Crippen molar-refractivity contribution in [3.05, 3.63) is 28.2 Å². The van der Waals surface area contributed by atoms with Gasteiger partial charge in [0.05, 0.1) is 11.2 Å². The number of aromatic carboxylic acids is 1. The molecule has 1 aliphatic carbocycles. The van der Waals surface area contributed by atoms with Crippen LogP contribution in [0.2, 0.25) is 0 Å². The fraction of sp³-hybridized carbons (Fsp3) is 0.500. The van der Waals surface area contributed by atoms with Crippen LogP contribution in [0.3, 0.4) is 0 Å². The summed E-state index contributed by atoms with van der Waals surface area (Å²) < 4.78 is 0.584. The molecule has 1 aliphatic rings. The molecule has 19 heavy (non-hydrogen) atoms. The lowest BCUT2D eigenvalue weighted by molar-refractivity contribution is 0.0273. The maximum atomic E-state index is 11.1. The third-order valence-corrected chi connectivity index (χ3v) is 5.42. The summed E-state index contributed by atoms with van der Waals surface area (Å²) in [6.07, 6.45) is 5.06. The number of rotatable bonds is 4. The lowest BCUT2D eigenvalue weighted by atomic mass is 9.86. The zero-order valence-electron chi connectivity index (χ0n) is 10.6. The second-order valence-corrected chi connectivity index (χ2v) is 6.92. The Morgan fingerprint density at radius 2 is 2.00 bits per heavy atom. The van der Waals surface area contributed by atoms with Crippen molar-refractivity contribution in [1.29, 1.82) is 0 Å². The highest BCUT2D eigenvalue weighted by Crippen LogP contribution is 2.34. The van der Waals surface area contributed by atoms with Crippen LogP contribution in [0.1, 0.15) is 42.5 Å². The van der Waals surface area contributed by atoms with Gasteiger partial charge in [0.2, 0.25) is 0 Å². The highest BCUT2D eigenvalue weighted by atomic mass is 79.9. The van der Waals surface area contributed by atoms with Crippen molar-refractivity contribution < 1.29 is 15.0 Å². The smallest absolute Gasteiger partial charge is 0.336 e. The Morgan fingerprint density at radius 3 is 2.63 bits per heavy atom. The van der Waals surface area contributed by atoms with E-state index in [2.05, 4.69) is 15.9 Å². The minimum Gasteiger partial charge on any atom is -0.478 e. The van der Waals surface area contributed by atoms with Gasteiger partial charge < -0.3 is 10.2 Å². The van der Waals surface area contributed by atoms with E-state index >= 15 is 0 Å². The minimum atomic E-state index is -0.939. The fourth-order valence-electron chi connectivity index (χ4n) is 2.33. The lowest BCUT2D eigenvalue weighted by Gasteiger charge is -2.31. The Morgan fingerprint density at radius 1 is 1.32 bits per heavy atom. The van der Waals surface area contributed by atoms with E-state index in [4.69, 9.17) is 5.11 Å². The molecular weight excluding hydrogens is 328 g/mol. The molecule has 0 unspecified atom stereocenters. The molecule has 0 bridgehead atoms. The molecular formula is C14H17BrO3S. The van der Waals surface area contributed by atoms with Crippen molar-refractivity contribution in [3.63, 3.8) is 0 Å². The van der Waals surface area contributed by atoms with Crippen molar-refractivity contribution in [2.45, 2.75) is 42.6 Å². The van der Waals surface area contributed by atoms with Crippen LogP contribution in [0.15, 0.2) is 27.6 Å². The molecule has 0 heterocycles. The van der Waals surface area contributed by atoms with Crippen molar-refractivity contribution in [2.75, 3.05) is 5.75 Å². The van der Waals surface area contributed by atoms with E-state index in [1.54, 1.807) is 12.1 Å². The van der Waals surface area contributed by atoms with Gasteiger partial charge in [-0.25, -0.2) is 4.79 Å². The molecule has 5 heteroatoms. The Bertz CT molecular complexity index is 470. The first kappa shape index (κ1) is 14.9. The summed E-state index contributed by atoms with van der Waals surface area (Å²) in [5, 5.41) is 19.5. The quantitative estimate of drug-likeness (QED) is 0.812. The van der Waals surface area contributed by atoms with E-state index in [0.717, 1.165) is 30.6 Å². The van der Waals surface area contributed by atoms with Crippen molar-refractivity contribution in [1.82, 2.24) is 0 Å². The zero-order chi connectivity index (χ0) is 13.9. The number of hydrogen-bond donors (Lipinski definition) is 2. The first-order valence-corrected chi connectivity index (χ1v) is 8.16. The number of aliphatic hydroxyl groups is 1. The van der Waals surface area contributed by atoms with Crippen LogP contribution >= 0.6 is 27.7 Å². The summed E-state index contributed by atoms with van der Waals surface area (Å²) in [5.41, 5.74) is -0.319. The van der Waals surface area contributed by atoms with Gasteiger partial charge in [-0.2, -0.15) is 0 Å². The molecule has 0 radical (unpaired) electrons. The standard InChI is InChI=1S/C14H17BrO3S/c15-12-5-4-10(8-11(12)13(16)17)19-9-14(18)6-2-1-3-7-14/h4-5,8,18H,1-3,6-7,9H2,(H,16,17). The molecule has 104 valence electrons. The monoisotopic (exact) mass is 344 g/mol. The molecule has 3 nitrogen and oxygen atoms in total. The predicted octanol–water partition coefficient (Wildman–Crippen LogP) is 3.93. The van der Waals surface area contributed by atoms with Gasteiger partial charge in [-0.1, -0.05) is 19.3 Å². The summed E-state index contributed by atoms with van der Waals surface area (Å²) >= 11 is 4.76. The van der Waals surface area contributed by atoms with E-state index < -0.39 is 11.6 Å². The zero-order valence-corrected chi connectivity index (χ0v) is 13.0. The van der Waals surface area contributed by atoms with Crippen LogP contribution in [-0.2, 0) is 0 Å². The van der Waals surface area contributed by atoms with Gasteiger partial charge in [0.1, 0.15) is 0 Å². The van der Waals surface area contributed by atoms with Crippen molar-refractivity contribution >= 4 is 33.7 Å². The van der Waals surface area contributed by atoms with Gasteiger partial charge in [-0.05, 0) is 47.0 Å². The minimum absolute atomic E-state index is 0.264. The number of carboxylic acid groups (broad SMARTS) is 1. The largest absolute Gasteiger partial charge is 0.478 e. The van der Waals surface area contributed by atoms with Crippen LogP contribution in [0.5, 0.6) is 0 Å². The average Bonchev–Trinajstić information content (AvgIpc) is 2.38. The van der Waals surface area contributed by atoms with Crippen LogP contribution in [-0.4, -0.2) is 27.5 Å². The molecule has 0 aromatic heterocycles. The first-order valence-electron chi connectivity index (χ1n) is 6.38. The molecule has 2 N–H and O–H groups in total. The molecule has 0 spiro atoms. The third kappa shape index (κ3) is 3.97. The van der Waals surface area contributed by atoms with Gasteiger partial charge >= 0.3 is 5.97 Å². The molecule has 1 aromatic rings. The number of hydrogen-bond acceptors (Lipinski definition) is 3. The molecule has 0 aliphatic heterocycles. The molecule has 0 saturated heterocycles. The van der Waals surface area contributed by atoms with Crippen molar-refractivity contribution in [3.8, 4) is 0 Å². The lowest BCUT2D eigenvalue weighted by Crippen LogP contribution is -2.33. The summed E-state index contributed by atoms with van der Waals surface area (Å²) in [4.78, 5) is 11.9. The van der Waals surface area contributed by atoms with E-state index in [0.29, 0.717) is 10.2 Å². The molecule has 2 rings (SSSR count). The number of thioether (sulfide) groups is 1. The van der Waals surface area contributed by atoms with Gasteiger partial charge in [-0.3, -0.25) is 0 Å². The highest BCUT2D eigenvalue weighted by Gasteiger charge is 2.29. The van der Waals surface area contributed by atoms with E-state index in [9.17, 15) is 9.90 Å². The van der Waals surface area contributed by atoms with Gasteiger partial charge in [-0.15, -0.1) is 11.8 Å². The Labute approximate surface area is 125 Å². The average molecular weight is 345 g/mol. The fourth-order valence-corrected chi connectivity index (χ4v) is 3.84. The molecule has 1 fully saturated rings. The topological polar surface area (TPSA) is 57.5 Å². The van der Waals surface area contributed by atoms with Crippen molar-refractivity contribution in [2.24, 2.45) is 0 Å². The van der Waals surface area contributed by atoms with Gasteiger partial charge in [0.15, 0.2) is 0 Å². The molecule has 1 aromatic carbocycles.